The second-order valence-electron chi connectivity index (χ2n) is 3.31. The molecule has 102 valence electrons. The number of carbonyl (C=O) groups is 1. The van der Waals surface area contributed by atoms with E-state index in [-0.39, 0.29) is 12.4 Å². The summed E-state index contributed by atoms with van der Waals surface area (Å²) in [7, 11) is 0. The van der Waals surface area contributed by atoms with Crippen LogP contribution in [0.2, 0.25) is 0 Å². The monoisotopic (exact) mass is 330 g/mol. The Bertz CT molecular complexity index is 353. The summed E-state index contributed by atoms with van der Waals surface area (Å²) in [5.74, 6) is 1.08. The number of rotatable bonds is 6. The van der Waals surface area contributed by atoms with Gasteiger partial charge in [0.2, 0.25) is 0 Å². The van der Waals surface area contributed by atoms with E-state index in [1.807, 2.05) is 12.1 Å². The number of hydrogen-bond acceptors (Lipinski definition) is 2. The molecule has 7 heteroatoms. The molecule has 0 saturated heterocycles. The second-order valence-corrected chi connectivity index (χ2v) is 4.41. The largest absolute Gasteiger partial charge is 0.369 e. The highest BCUT2D eigenvalue weighted by Gasteiger charge is 2.05. The molecule has 1 aromatic rings. The van der Waals surface area contributed by atoms with Crippen molar-refractivity contribution >= 4 is 64.0 Å². The minimum Gasteiger partial charge on any atom is -0.369 e. The molecule has 0 heterocycles. The molecule has 1 rings (SSSR count). The van der Waals surface area contributed by atoms with E-state index in [9.17, 15) is 4.79 Å². The van der Waals surface area contributed by atoms with Crippen LogP contribution in [0.25, 0.3) is 0 Å². The zero-order valence-corrected chi connectivity index (χ0v) is 12.6. The smallest absolute Gasteiger partial charge is 0.318 e. The molecule has 0 unspecified atom stereocenters. The normalized spacial score (nSPS) is 9.50. The molecule has 0 radical (unpaired) electrons. The molecule has 1 amide bonds. The molecular formula is C11H14Cl4N2O. The van der Waals surface area contributed by atoms with Crippen molar-refractivity contribution in [3.05, 3.63) is 24.3 Å². The summed E-state index contributed by atoms with van der Waals surface area (Å²) in [6, 6.07) is 7.35. The molecular weight excluding hydrogens is 318 g/mol. The number of nitrogens with zero attached hydrogens (tertiary/aromatic N) is 1. The van der Waals surface area contributed by atoms with Crippen LogP contribution in [-0.4, -0.2) is 30.2 Å². The van der Waals surface area contributed by atoms with Crippen LogP contribution in [0, 0.1) is 0 Å². The number of anilines is 2. The van der Waals surface area contributed by atoms with Crippen molar-refractivity contribution in [1.82, 2.24) is 0 Å². The lowest BCUT2D eigenvalue weighted by molar-refractivity contribution is 0.269. The summed E-state index contributed by atoms with van der Waals surface area (Å²) >= 11 is 16.7. The van der Waals surface area contributed by atoms with Gasteiger partial charge >= 0.3 is 5.37 Å². The van der Waals surface area contributed by atoms with Crippen molar-refractivity contribution in [2.75, 3.05) is 35.1 Å². The van der Waals surface area contributed by atoms with Gasteiger partial charge in [-0.25, -0.2) is 0 Å². The summed E-state index contributed by atoms with van der Waals surface area (Å²) in [4.78, 5) is 12.7. The fourth-order valence-electron chi connectivity index (χ4n) is 1.44. The number of benzene rings is 1. The molecule has 0 bridgehead atoms. The number of nitrogens with one attached hydrogen (secondary N) is 1. The highest BCUT2D eigenvalue weighted by Crippen LogP contribution is 2.18. The van der Waals surface area contributed by atoms with Crippen LogP contribution in [0.4, 0.5) is 16.2 Å². The maximum Gasteiger partial charge on any atom is 0.318 e. The van der Waals surface area contributed by atoms with Crippen LogP contribution in [0.1, 0.15) is 0 Å². The van der Waals surface area contributed by atoms with Crippen LogP contribution in [0.3, 0.4) is 0 Å². The maximum atomic E-state index is 10.6. The van der Waals surface area contributed by atoms with Gasteiger partial charge < -0.3 is 10.2 Å². The van der Waals surface area contributed by atoms with Gasteiger partial charge in [0.25, 0.3) is 0 Å². The molecule has 0 aliphatic carbocycles. The first-order chi connectivity index (χ1) is 8.17. The Labute approximate surface area is 128 Å². The Hall–Kier alpha value is -0.350. The van der Waals surface area contributed by atoms with Crippen molar-refractivity contribution in [3.8, 4) is 0 Å². The van der Waals surface area contributed by atoms with E-state index in [2.05, 4.69) is 10.2 Å². The third kappa shape index (κ3) is 6.01. The summed E-state index contributed by atoms with van der Waals surface area (Å²) in [5.41, 5.74) is 1.67. The van der Waals surface area contributed by atoms with Gasteiger partial charge in [-0.3, -0.25) is 4.79 Å². The van der Waals surface area contributed by atoms with Gasteiger partial charge in [0, 0.05) is 36.2 Å². The molecule has 0 fully saturated rings. The molecule has 0 atom stereocenters. The summed E-state index contributed by atoms with van der Waals surface area (Å²) in [5, 5.41) is 1.89. The summed E-state index contributed by atoms with van der Waals surface area (Å²) in [6.07, 6.45) is 0. The van der Waals surface area contributed by atoms with Gasteiger partial charge in [0.05, 0.1) is 0 Å². The third-order valence-electron chi connectivity index (χ3n) is 2.18. The first kappa shape index (κ1) is 17.6. The van der Waals surface area contributed by atoms with Crippen LogP contribution < -0.4 is 10.2 Å². The Morgan fingerprint density at radius 3 is 2.00 bits per heavy atom. The average Bonchev–Trinajstić information content (AvgIpc) is 2.29. The van der Waals surface area contributed by atoms with E-state index in [4.69, 9.17) is 34.8 Å². The highest BCUT2D eigenvalue weighted by atomic mass is 35.5. The molecule has 1 aromatic carbocycles. The first-order valence-electron chi connectivity index (χ1n) is 5.11. The van der Waals surface area contributed by atoms with Crippen LogP contribution in [-0.2, 0) is 0 Å². The van der Waals surface area contributed by atoms with Gasteiger partial charge in [-0.2, -0.15) is 0 Å². The Kier molecular flexibility index (Phi) is 9.38. The second kappa shape index (κ2) is 9.56. The van der Waals surface area contributed by atoms with Crippen molar-refractivity contribution in [2.45, 2.75) is 0 Å². The topological polar surface area (TPSA) is 32.3 Å². The fourth-order valence-corrected chi connectivity index (χ4v) is 1.96. The Morgan fingerprint density at radius 1 is 1.11 bits per heavy atom. The van der Waals surface area contributed by atoms with Crippen molar-refractivity contribution < 1.29 is 4.79 Å². The van der Waals surface area contributed by atoms with E-state index in [1.165, 1.54) is 0 Å². The number of alkyl halides is 2. The molecule has 0 spiro atoms. The molecule has 0 aromatic heterocycles. The number of hydrogen-bond donors (Lipinski definition) is 1. The summed E-state index contributed by atoms with van der Waals surface area (Å²) in [6.45, 7) is 1.46. The summed E-state index contributed by atoms with van der Waals surface area (Å²) < 4.78 is 0. The molecule has 3 nitrogen and oxygen atoms in total. The molecule has 0 aliphatic heterocycles. The van der Waals surface area contributed by atoms with Crippen molar-refractivity contribution in [2.24, 2.45) is 0 Å². The number of carbonyl (C=O) groups excluding carboxylic acids is 1. The third-order valence-corrected chi connectivity index (χ3v) is 2.62. The Morgan fingerprint density at radius 2 is 1.61 bits per heavy atom. The van der Waals surface area contributed by atoms with E-state index < -0.39 is 5.37 Å². The van der Waals surface area contributed by atoms with Crippen molar-refractivity contribution in [1.29, 1.82) is 0 Å². The zero-order valence-electron chi connectivity index (χ0n) is 9.54. The lowest BCUT2D eigenvalue weighted by Gasteiger charge is -2.22. The van der Waals surface area contributed by atoms with Gasteiger partial charge in [-0.05, 0) is 35.9 Å². The lowest BCUT2D eigenvalue weighted by Crippen LogP contribution is -2.27. The van der Waals surface area contributed by atoms with Crippen molar-refractivity contribution in [3.63, 3.8) is 0 Å². The van der Waals surface area contributed by atoms with E-state index in [0.717, 1.165) is 18.8 Å². The highest BCUT2D eigenvalue weighted by molar-refractivity contribution is 6.65. The standard InChI is InChI=1S/C11H13Cl3N2O.ClH/c12-5-7-16(8-6-13)10-3-1-9(2-4-10)15-11(14)17;/h1-4H,5-8H2,(H,15,17);1H. The van der Waals surface area contributed by atoms with E-state index in [0.29, 0.717) is 17.4 Å². The quantitative estimate of drug-likeness (QED) is 0.482. The minimum atomic E-state index is -0.601. The zero-order chi connectivity index (χ0) is 12.7. The van der Waals surface area contributed by atoms with Crippen LogP contribution in [0.5, 0.6) is 0 Å². The van der Waals surface area contributed by atoms with Gasteiger partial charge in [0.1, 0.15) is 0 Å². The van der Waals surface area contributed by atoms with Crippen LogP contribution >= 0.6 is 47.2 Å². The first-order valence-corrected chi connectivity index (χ1v) is 6.55. The SMILES string of the molecule is Cl.O=C(Cl)Nc1ccc(N(CCCl)CCCl)cc1. The fraction of sp³-hybridized carbons (Fsp3) is 0.364. The molecule has 18 heavy (non-hydrogen) atoms. The molecule has 0 saturated carbocycles. The predicted molar refractivity (Wildman–Crippen MR) is 82.2 cm³/mol. The lowest BCUT2D eigenvalue weighted by atomic mass is 10.2. The number of halogens is 4. The van der Waals surface area contributed by atoms with Crippen LogP contribution in [0.15, 0.2) is 24.3 Å². The van der Waals surface area contributed by atoms with Gasteiger partial charge in [-0.1, -0.05) is 0 Å². The Balaban J connectivity index is 0.00000289. The van der Waals surface area contributed by atoms with Gasteiger partial charge in [0.15, 0.2) is 0 Å². The molecule has 1 N–H and O–H groups in total. The van der Waals surface area contributed by atoms with E-state index >= 15 is 0 Å². The minimum absolute atomic E-state index is 0. The van der Waals surface area contributed by atoms with Gasteiger partial charge in [-0.15, -0.1) is 35.6 Å². The average molecular weight is 332 g/mol. The maximum absolute atomic E-state index is 10.6. The predicted octanol–water partition coefficient (Wildman–Crippen LogP) is 4.16. The number of amides is 1. The van der Waals surface area contributed by atoms with E-state index in [1.54, 1.807) is 12.1 Å². The molecule has 0 aliphatic rings.